The maximum absolute atomic E-state index is 12.1. The van der Waals surface area contributed by atoms with Crippen LogP contribution in [0.3, 0.4) is 0 Å². The van der Waals surface area contributed by atoms with Crippen molar-refractivity contribution in [2.45, 2.75) is 6.18 Å². The summed E-state index contributed by atoms with van der Waals surface area (Å²) in [4.78, 5) is 3.37. The smallest absolute Gasteiger partial charge is 0.225 e. The fourth-order valence-electron chi connectivity index (χ4n) is 0.718. The van der Waals surface area contributed by atoms with Gasteiger partial charge in [0, 0.05) is 0 Å². The molecule has 0 aliphatic carbocycles. The number of halogens is 4. The first-order chi connectivity index (χ1) is 5.93. The van der Waals surface area contributed by atoms with E-state index in [0.717, 1.165) is 0 Å². The molecule has 6 heteroatoms. The molecular weight excluding hydrogens is 205 g/mol. The quantitative estimate of drug-likeness (QED) is 0.612. The molecule has 1 aromatic heterocycles. The third-order valence-corrected chi connectivity index (χ3v) is 1.43. The van der Waals surface area contributed by atoms with Gasteiger partial charge in [-0.3, -0.25) is 0 Å². The van der Waals surface area contributed by atoms with E-state index in [1.54, 1.807) is 0 Å². The van der Waals surface area contributed by atoms with Gasteiger partial charge in [0.15, 0.2) is 0 Å². The van der Waals surface area contributed by atoms with Crippen LogP contribution in [-0.2, 0) is 6.18 Å². The van der Waals surface area contributed by atoms with Gasteiger partial charge in [-0.05, 0) is 12.1 Å². The van der Waals surface area contributed by atoms with Crippen molar-refractivity contribution in [1.29, 1.82) is 5.26 Å². The molecular formula is C7H2ClF3N2. The van der Waals surface area contributed by atoms with Crippen molar-refractivity contribution in [3.05, 3.63) is 28.5 Å². The molecule has 0 radical (unpaired) electrons. The predicted molar refractivity (Wildman–Crippen MR) is 39.0 cm³/mol. The summed E-state index contributed by atoms with van der Waals surface area (Å²) in [5.74, 6) is 0. The number of aromatic nitrogens is 1. The second kappa shape index (κ2) is 3.23. The van der Waals surface area contributed by atoms with E-state index in [4.69, 9.17) is 16.9 Å². The fraction of sp³-hybridized carbons (Fsp3) is 0.143. The van der Waals surface area contributed by atoms with Gasteiger partial charge in [0.25, 0.3) is 0 Å². The summed E-state index contributed by atoms with van der Waals surface area (Å²) in [6.45, 7) is 0. The number of nitriles is 1. The van der Waals surface area contributed by atoms with Crippen LogP contribution in [0.4, 0.5) is 13.2 Å². The highest BCUT2D eigenvalue weighted by atomic mass is 35.5. The monoisotopic (exact) mass is 206 g/mol. The van der Waals surface area contributed by atoms with Gasteiger partial charge in [0.2, 0.25) is 0 Å². The molecule has 0 unspecified atom stereocenters. The average molecular weight is 207 g/mol. The number of hydrogen-bond donors (Lipinski definition) is 0. The zero-order chi connectivity index (χ0) is 10.1. The topological polar surface area (TPSA) is 36.7 Å². The molecule has 1 rings (SSSR count). The Hall–Kier alpha value is -1.28. The minimum Gasteiger partial charge on any atom is -0.225 e. The average Bonchev–Trinajstić information content (AvgIpc) is 2.01. The Kier molecular flexibility index (Phi) is 2.43. The van der Waals surface area contributed by atoms with Crippen LogP contribution in [-0.4, -0.2) is 4.98 Å². The van der Waals surface area contributed by atoms with Crippen LogP contribution in [0.5, 0.6) is 0 Å². The summed E-state index contributed by atoms with van der Waals surface area (Å²) in [6.07, 6.45) is -4.50. The Bertz CT molecular complexity index is 367. The molecule has 0 saturated heterocycles. The molecule has 0 aliphatic rings. The number of pyridine rings is 1. The van der Waals surface area contributed by atoms with E-state index in [1.165, 1.54) is 6.07 Å². The Morgan fingerprint density at radius 3 is 2.46 bits per heavy atom. The normalized spacial score (nSPS) is 11.0. The van der Waals surface area contributed by atoms with E-state index in [0.29, 0.717) is 12.1 Å². The van der Waals surface area contributed by atoms with Gasteiger partial charge in [-0.1, -0.05) is 11.6 Å². The molecule has 0 aromatic carbocycles. The van der Waals surface area contributed by atoms with Crippen LogP contribution >= 0.6 is 11.6 Å². The lowest BCUT2D eigenvalue weighted by atomic mass is 10.2. The zero-order valence-corrected chi connectivity index (χ0v) is 6.82. The second-order valence-corrected chi connectivity index (χ2v) is 2.56. The summed E-state index contributed by atoms with van der Waals surface area (Å²) in [6, 6.07) is 2.80. The van der Waals surface area contributed by atoms with Crippen LogP contribution in [0.1, 0.15) is 11.3 Å². The first-order valence-corrected chi connectivity index (χ1v) is 3.46. The van der Waals surface area contributed by atoms with Crippen LogP contribution in [0.2, 0.25) is 5.15 Å². The van der Waals surface area contributed by atoms with E-state index in [1.807, 2.05) is 0 Å². The van der Waals surface area contributed by atoms with Gasteiger partial charge < -0.3 is 0 Å². The molecule has 0 amide bonds. The van der Waals surface area contributed by atoms with E-state index in [-0.39, 0.29) is 10.8 Å². The number of hydrogen-bond acceptors (Lipinski definition) is 2. The third-order valence-electron chi connectivity index (χ3n) is 1.24. The van der Waals surface area contributed by atoms with Gasteiger partial charge >= 0.3 is 6.18 Å². The van der Waals surface area contributed by atoms with Crippen molar-refractivity contribution < 1.29 is 13.2 Å². The van der Waals surface area contributed by atoms with Gasteiger partial charge in [-0.25, -0.2) is 4.98 Å². The summed E-state index contributed by atoms with van der Waals surface area (Å²) >= 11 is 5.27. The molecule has 68 valence electrons. The molecule has 0 fully saturated rings. The van der Waals surface area contributed by atoms with E-state index < -0.39 is 11.7 Å². The Morgan fingerprint density at radius 1 is 1.38 bits per heavy atom. The zero-order valence-electron chi connectivity index (χ0n) is 6.06. The molecule has 0 spiro atoms. The number of rotatable bonds is 0. The Balaban J connectivity index is 3.26. The second-order valence-electron chi connectivity index (χ2n) is 2.17. The van der Waals surface area contributed by atoms with Crippen molar-refractivity contribution in [2.75, 3.05) is 0 Å². The minimum absolute atomic E-state index is 0.341. The molecule has 0 N–H and O–H groups in total. The Morgan fingerprint density at radius 2 is 2.00 bits per heavy atom. The van der Waals surface area contributed by atoms with Crippen molar-refractivity contribution in [2.24, 2.45) is 0 Å². The van der Waals surface area contributed by atoms with E-state index in [9.17, 15) is 13.2 Å². The standard InChI is InChI=1S/C7H2ClF3N2/c8-6-2-4(7(9,10)11)1-5(3-12)13-6/h1-2H. The lowest BCUT2D eigenvalue weighted by molar-refractivity contribution is -0.137. The van der Waals surface area contributed by atoms with Crippen LogP contribution < -0.4 is 0 Å². The molecule has 13 heavy (non-hydrogen) atoms. The first-order valence-electron chi connectivity index (χ1n) is 3.08. The first kappa shape index (κ1) is 9.81. The molecule has 2 nitrogen and oxygen atoms in total. The highest BCUT2D eigenvalue weighted by Gasteiger charge is 2.31. The maximum Gasteiger partial charge on any atom is 0.416 e. The molecule has 1 heterocycles. The SMILES string of the molecule is N#Cc1cc(C(F)(F)F)cc(Cl)n1. The van der Waals surface area contributed by atoms with E-state index in [2.05, 4.69) is 4.98 Å². The molecule has 0 bridgehead atoms. The van der Waals surface area contributed by atoms with E-state index >= 15 is 0 Å². The molecule has 0 aliphatic heterocycles. The summed E-state index contributed by atoms with van der Waals surface area (Å²) in [7, 11) is 0. The third kappa shape index (κ3) is 2.33. The van der Waals surface area contributed by atoms with Crippen molar-refractivity contribution in [3.8, 4) is 6.07 Å². The highest BCUT2D eigenvalue weighted by molar-refractivity contribution is 6.29. The van der Waals surface area contributed by atoms with Crippen molar-refractivity contribution in [1.82, 2.24) is 4.98 Å². The minimum atomic E-state index is -4.50. The number of alkyl halides is 3. The fourth-order valence-corrected chi connectivity index (χ4v) is 0.926. The Labute approximate surface area is 76.6 Å². The molecule has 1 aromatic rings. The van der Waals surface area contributed by atoms with Gasteiger partial charge in [-0.2, -0.15) is 18.4 Å². The van der Waals surface area contributed by atoms with Crippen LogP contribution in [0, 0.1) is 11.3 Å². The van der Waals surface area contributed by atoms with Crippen molar-refractivity contribution >= 4 is 11.6 Å². The predicted octanol–water partition coefficient (Wildman–Crippen LogP) is 2.63. The highest BCUT2D eigenvalue weighted by Crippen LogP contribution is 2.30. The lowest BCUT2D eigenvalue weighted by Crippen LogP contribution is -2.05. The summed E-state index contributed by atoms with van der Waals surface area (Å²) in [5, 5.41) is 7.97. The lowest BCUT2D eigenvalue weighted by Gasteiger charge is -2.05. The molecule has 0 saturated carbocycles. The maximum atomic E-state index is 12.1. The van der Waals surface area contributed by atoms with Crippen molar-refractivity contribution in [3.63, 3.8) is 0 Å². The number of nitrogens with zero attached hydrogens (tertiary/aromatic N) is 2. The van der Waals surface area contributed by atoms with Crippen LogP contribution in [0.15, 0.2) is 12.1 Å². The summed E-state index contributed by atoms with van der Waals surface area (Å²) < 4.78 is 36.3. The van der Waals surface area contributed by atoms with Gasteiger partial charge in [-0.15, -0.1) is 0 Å². The summed E-state index contributed by atoms with van der Waals surface area (Å²) in [5.41, 5.74) is -1.32. The van der Waals surface area contributed by atoms with Gasteiger partial charge in [0.05, 0.1) is 5.56 Å². The van der Waals surface area contributed by atoms with Gasteiger partial charge in [0.1, 0.15) is 16.9 Å². The largest absolute Gasteiger partial charge is 0.416 e. The van der Waals surface area contributed by atoms with Crippen LogP contribution in [0.25, 0.3) is 0 Å². The molecule has 0 atom stereocenters.